The van der Waals surface area contributed by atoms with Crippen molar-refractivity contribution >= 4 is 5.97 Å². The van der Waals surface area contributed by atoms with Gasteiger partial charge in [-0.25, -0.2) is 0 Å². The minimum Gasteiger partial charge on any atom is -0.481 e. The average Bonchev–Trinajstić information content (AvgIpc) is 2.81. The van der Waals surface area contributed by atoms with Crippen molar-refractivity contribution in [2.45, 2.75) is 71.9 Å². The van der Waals surface area contributed by atoms with E-state index in [0.717, 1.165) is 13.0 Å². The maximum absolute atomic E-state index is 11.2. The van der Waals surface area contributed by atoms with Gasteiger partial charge in [-0.2, -0.15) is 0 Å². The first kappa shape index (κ1) is 15.5. The van der Waals surface area contributed by atoms with Crippen LogP contribution in [-0.2, 0) is 4.79 Å². The van der Waals surface area contributed by atoms with Gasteiger partial charge in [0.1, 0.15) is 0 Å². The highest BCUT2D eigenvalue weighted by molar-refractivity contribution is 5.70. The first-order chi connectivity index (χ1) is 8.43. The van der Waals surface area contributed by atoms with Crippen LogP contribution in [0.25, 0.3) is 0 Å². The van der Waals surface area contributed by atoms with E-state index in [2.05, 4.69) is 25.7 Å². The lowest BCUT2D eigenvalue weighted by molar-refractivity contribution is -0.143. The average molecular weight is 255 g/mol. The molecular weight excluding hydrogens is 226 g/mol. The molecule has 0 aromatic heterocycles. The number of carboxylic acid groups (broad SMARTS) is 1. The molecule has 0 amide bonds. The molecule has 3 nitrogen and oxygen atoms in total. The second-order valence-corrected chi connectivity index (χ2v) is 6.23. The molecule has 1 fully saturated rings. The number of hydrogen-bond donors (Lipinski definition) is 1. The van der Waals surface area contributed by atoms with Crippen LogP contribution in [0.4, 0.5) is 0 Å². The van der Waals surface area contributed by atoms with Crippen molar-refractivity contribution in [1.29, 1.82) is 0 Å². The summed E-state index contributed by atoms with van der Waals surface area (Å²) in [5.41, 5.74) is 0. The molecule has 1 aliphatic rings. The van der Waals surface area contributed by atoms with E-state index >= 15 is 0 Å². The van der Waals surface area contributed by atoms with Gasteiger partial charge in [0.2, 0.25) is 0 Å². The van der Waals surface area contributed by atoms with Crippen molar-refractivity contribution in [3.8, 4) is 0 Å². The van der Waals surface area contributed by atoms with Crippen LogP contribution in [0.1, 0.15) is 59.8 Å². The second kappa shape index (κ2) is 7.13. The summed E-state index contributed by atoms with van der Waals surface area (Å²) in [7, 11) is 0. The Balaban J connectivity index is 2.65. The van der Waals surface area contributed by atoms with E-state index in [1.54, 1.807) is 0 Å². The fourth-order valence-electron chi connectivity index (χ4n) is 2.86. The molecule has 18 heavy (non-hydrogen) atoms. The summed E-state index contributed by atoms with van der Waals surface area (Å²) < 4.78 is 0. The fraction of sp³-hybridized carbons (Fsp3) is 0.933. The Morgan fingerprint density at radius 2 is 1.78 bits per heavy atom. The van der Waals surface area contributed by atoms with Crippen LogP contribution in [-0.4, -0.2) is 34.6 Å². The predicted molar refractivity (Wildman–Crippen MR) is 74.7 cm³/mol. The third-order valence-corrected chi connectivity index (χ3v) is 4.39. The monoisotopic (exact) mass is 255 g/mol. The standard InChI is InChI=1S/C15H29NO2/c1-11(2)9-10-16(14-7-5-6-8-14)13(4)12(3)15(17)18/h11-14H,5-10H2,1-4H3,(H,17,18). The van der Waals surface area contributed by atoms with Crippen molar-refractivity contribution in [2.75, 3.05) is 6.54 Å². The normalized spacial score (nSPS) is 20.6. The zero-order valence-electron chi connectivity index (χ0n) is 12.4. The Hall–Kier alpha value is -0.570. The second-order valence-electron chi connectivity index (χ2n) is 6.23. The molecule has 1 rings (SSSR count). The smallest absolute Gasteiger partial charge is 0.307 e. The van der Waals surface area contributed by atoms with Gasteiger partial charge in [-0.1, -0.05) is 33.6 Å². The molecule has 2 unspecified atom stereocenters. The van der Waals surface area contributed by atoms with Gasteiger partial charge in [0.05, 0.1) is 5.92 Å². The van der Waals surface area contributed by atoms with Gasteiger partial charge in [-0.15, -0.1) is 0 Å². The van der Waals surface area contributed by atoms with Crippen molar-refractivity contribution in [3.05, 3.63) is 0 Å². The largest absolute Gasteiger partial charge is 0.481 e. The van der Waals surface area contributed by atoms with E-state index in [9.17, 15) is 9.90 Å². The molecule has 0 aliphatic heterocycles. The molecule has 1 N–H and O–H groups in total. The van der Waals surface area contributed by atoms with Gasteiger partial charge in [-0.05, 0) is 38.6 Å². The Labute approximate surface area is 112 Å². The lowest BCUT2D eigenvalue weighted by atomic mass is 9.98. The molecule has 0 bridgehead atoms. The predicted octanol–water partition coefficient (Wildman–Crippen LogP) is 3.39. The van der Waals surface area contributed by atoms with Crippen molar-refractivity contribution in [3.63, 3.8) is 0 Å². The van der Waals surface area contributed by atoms with Gasteiger partial charge in [0.25, 0.3) is 0 Å². The molecule has 2 atom stereocenters. The molecule has 0 saturated heterocycles. The van der Waals surface area contributed by atoms with Crippen LogP contribution >= 0.6 is 0 Å². The molecule has 0 radical (unpaired) electrons. The third kappa shape index (κ3) is 4.27. The fourth-order valence-corrected chi connectivity index (χ4v) is 2.86. The lowest BCUT2D eigenvalue weighted by Crippen LogP contribution is -2.46. The van der Waals surface area contributed by atoms with E-state index in [-0.39, 0.29) is 12.0 Å². The summed E-state index contributed by atoms with van der Waals surface area (Å²) >= 11 is 0. The highest BCUT2D eigenvalue weighted by Gasteiger charge is 2.31. The van der Waals surface area contributed by atoms with Gasteiger partial charge in [0.15, 0.2) is 0 Å². The summed E-state index contributed by atoms with van der Waals surface area (Å²) in [6, 6.07) is 0.755. The topological polar surface area (TPSA) is 40.5 Å². The van der Waals surface area contributed by atoms with Crippen LogP contribution < -0.4 is 0 Å². The van der Waals surface area contributed by atoms with E-state index in [4.69, 9.17) is 0 Å². The summed E-state index contributed by atoms with van der Waals surface area (Å²) in [5, 5.41) is 9.19. The summed E-state index contributed by atoms with van der Waals surface area (Å²) in [5.74, 6) is -0.269. The van der Waals surface area contributed by atoms with Crippen LogP contribution in [0.5, 0.6) is 0 Å². The van der Waals surface area contributed by atoms with E-state index < -0.39 is 5.97 Å². The maximum Gasteiger partial charge on any atom is 0.307 e. The number of hydrogen-bond acceptors (Lipinski definition) is 2. The van der Waals surface area contributed by atoms with Crippen molar-refractivity contribution in [1.82, 2.24) is 4.90 Å². The first-order valence-corrected chi connectivity index (χ1v) is 7.42. The molecule has 106 valence electrons. The molecule has 0 heterocycles. The molecular formula is C15H29NO2. The maximum atomic E-state index is 11.2. The minimum absolute atomic E-state index is 0.143. The van der Waals surface area contributed by atoms with E-state index in [1.165, 1.54) is 25.7 Å². The molecule has 1 saturated carbocycles. The third-order valence-electron chi connectivity index (χ3n) is 4.39. The number of carboxylic acids is 1. The van der Waals surface area contributed by atoms with Gasteiger partial charge in [0, 0.05) is 12.1 Å². The van der Waals surface area contributed by atoms with Gasteiger partial charge < -0.3 is 5.11 Å². The Morgan fingerprint density at radius 3 is 2.22 bits per heavy atom. The summed E-state index contributed by atoms with van der Waals surface area (Å²) in [4.78, 5) is 13.6. The number of rotatable bonds is 7. The quantitative estimate of drug-likeness (QED) is 0.758. The molecule has 3 heteroatoms. The van der Waals surface area contributed by atoms with Crippen molar-refractivity contribution < 1.29 is 9.90 Å². The highest BCUT2D eigenvalue weighted by Crippen LogP contribution is 2.28. The summed E-state index contributed by atoms with van der Waals surface area (Å²) in [6.45, 7) is 9.43. The van der Waals surface area contributed by atoms with Gasteiger partial charge in [-0.3, -0.25) is 9.69 Å². The first-order valence-electron chi connectivity index (χ1n) is 7.42. The number of nitrogens with zero attached hydrogens (tertiary/aromatic N) is 1. The van der Waals surface area contributed by atoms with E-state index in [1.807, 2.05) is 6.92 Å². The zero-order chi connectivity index (χ0) is 13.7. The molecule has 0 aromatic carbocycles. The van der Waals surface area contributed by atoms with Crippen molar-refractivity contribution in [2.24, 2.45) is 11.8 Å². The van der Waals surface area contributed by atoms with Crippen LogP contribution in [0.15, 0.2) is 0 Å². The van der Waals surface area contributed by atoms with Crippen LogP contribution in [0.3, 0.4) is 0 Å². The minimum atomic E-state index is -0.671. The highest BCUT2D eigenvalue weighted by atomic mass is 16.4. The van der Waals surface area contributed by atoms with Gasteiger partial charge >= 0.3 is 5.97 Å². The Kier molecular flexibility index (Phi) is 6.13. The Bertz CT molecular complexity index is 259. The summed E-state index contributed by atoms with van der Waals surface area (Å²) in [6.07, 6.45) is 6.25. The molecule has 0 spiro atoms. The van der Waals surface area contributed by atoms with E-state index in [0.29, 0.717) is 12.0 Å². The molecule has 0 aromatic rings. The Morgan fingerprint density at radius 1 is 1.22 bits per heavy atom. The SMILES string of the molecule is CC(C)CCN(C1CCCC1)C(C)C(C)C(=O)O. The zero-order valence-corrected chi connectivity index (χ0v) is 12.4. The number of aliphatic carboxylic acids is 1. The van der Waals surface area contributed by atoms with Crippen LogP contribution in [0, 0.1) is 11.8 Å². The lowest BCUT2D eigenvalue weighted by Gasteiger charge is -2.37. The molecule has 1 aliphatic carbocycles. The van der Waals surface area contributed by atoms with Crippen LogP contribution in [0.2, 0.25) is 0 Å². The number of carbonyl (C=O) groups is 1.